The molecule has 0 amide bonds. The average Bonchev–Trinajstić information content (AvgIpc) is 0.795. The van der Waals surface area contributed by atoms with Crippen LogP contribution in [0.4, 0.5) is 0 Å². The van der Waals surface area contributed by atoms with E-state index in [1.165, 1.54) is 227 Å². The number of aryl methyl sites for hydroxylation is 19. The van der Waals surface area contributed by atoms with E-state index in [0.717, 1.165) is 28.6 Å². The standard InChI is InChI=1S/2C23H28N.C22H26N.C21H24N.C19H20N.C17H16N/c1-15(2)11-19-7-8-21-20(14-19)9-10-24(6)23(21)22-13-16(3)12-17(4)18(22)5;1-15(2)12-19-8-7-9-22-20(19)10-11-23(24(22)6)21-14-16(3)13-17(4)18(21)5;1-14(2)18-7-8-20-19(13-18)9-10-23(6)22(20)21-12-15(3)11-16(4)17(21)5;1-13-10-15(3)17(5)18(11-13)20-12-16(4)21-14(2)8-7-9-19(21)22(20)6;1-13-11-14(2)15(3)18(12-13)19-17-8-6-5-7-16(17)9-10-20(19)4;1-13-7-3-5-9-15(13)17-16-10-6-4-8-14(16)11-12-18(17)2/h7-10,12-15H,11H2,1-6H3;7-11,13-15H,12H2,1-6H3;7-14H,1-6H3;7-12H,1-6H3;5-12H,1-4H3;3-12H,1-2H3/q6*+1/i;12D2;;;;. The van der Waals surface area contributed by atoms with Crippen LogP contribution in [0.25, 0.3) is 132 Å². The fourth-order valence-electron chi connectivity index (χ4n) is 19.4. The van der Waals surface area contributed by atoms with Crippen LogP contribution in [0.5, 0.6) is 0 Å². The quantitative estimate of drug-likeness (QED) is 0.115. The number of nitrogens with zero attached hydrogens (tertiary/aromatic N) is 6. The lowest BCUT2D eigenvalue weighted by Gasteiger charge is -2.12. The minimum Gasteiger partial charge on any atom is -0.200 e. The number of pyridine rings is 6. The van der Waals surface area contributed by atoms with Crippen LogP contribution in [0.3, 0.4) is 0 Å². The monoisotopic (exact) mass is 1730 g/mol. The van der Waals surface area contributed by atoms with Crippen molar-refractivity contribution in [3.8, 4) is 67.5 Å². The maximum absolute atomic E-state index is 8.54. The molecule has 0 spiro atoms. The molecule has 12 aromatic carbocycles. The summed E-state index contributed by atoms with van der Waals surface area (Å²) in [5.41, 5.74) is 45.5. The highest BCUT2D eigenvalue weighted by Gasteiger charge is 2.26. The fourth-order valence-corrected chi connectivity index (χ4v) is 19.4. The van der Waals surface area contributed by atoms with Crippen LogP contribution in [0, 0.1) is 136 Å². The van der Waals surface area contributed by atoms with Gasteiger partial charge in [-0.05, 0) is 332 Å². The van der Waals surface area contributed by atoms with Gasteiger partial charge in [0.15, 0.2) is 24.8 Å². The first-order valence-electron chi connectivity index (χ1n) is 48.0. The normalized spacial score (nSPS) is 11.6. The first kappa shape index (κ1) is 92.8. The van der Waals surface area contributed by atoms with Crippen molar-refractivity contribution in [1.29, 1.82) is 0 Å². The molecule has 0 fully saturated rings. The second kappa shape index (κ2) is 41.0. The van der Waals surface area contributed by atoms with Gasteiger partial charge in [0.2, 0.25) is 45.2 Å². The largest absolute Gasteiger partial charge is 0.220 e. The van der Waals surface area contributed by atoms with E-state index in [2.05, 4.69) is 483 Å². The van der Waals surface area contributed by atoms with Crippen molar-refractivity contribution in [3.05, 3.63) is 390 Å². The molecule has 0 aliphatic heterocycles. The Kier molecular flexibility index (Phi) is 29.1. The van der Waals surface area contributed by atoms with Crippen LogP contribution in [-0.2, 0) is 55.1 Å². The van der Waals surface area contributed by atoms with Gasteiger partial charge in [-0.1, -0.05) is 203 Å². The highest BCUT2D eigenvalue weighted by molar-refractivity contribution is 5.98. The molecule has 6 heteroatoms. The van der Waals surface area contributed by atoms with Gasteiger partial charge in [-0.3, -0.25) is 0 Å². The van der Waals surface area contributed by atoms with Crippen LogP contribution in [0.15, 0.2) is 274 Å². The van der Waals surface area contributed by atoms with Crippen molar-refractivity contribution < 1.29 is 30.1 Å². The predicted molar refractivity (Wildman–Crippen MR) is 560 cm³/mol. The summed E-state index contributed by atoms with van der Waals surface area (Å²) >= 11 is 0. The van der Waals surface area contributed by atoms with E-state index in [1.807, 2.05) is 26.0 Å². The van der Waals surface area contributed by atoms with Crippen molar-refractivity contribution in [3.63, 3.8) is 0 Å². The molecule has 0 N–H and O–H groups in total. The molecule has 6 heterocycles. The summed E-state index contributed by atoms with van der Waals surface area (Å²) in [7, 11) is 12.8. The summed E-state index contributed by atoms with van der Waals surface area (Å²) in [6.45, 7) is 52.4. The number of aromatic nitrogens is 6. The Bertz CT molecular complexity index is 7460. The van der Waals surface area contributed by atoms with E-state index < -0.39 is 6.37 Å². The van der Waals surface area contributed by atoms with Gasteiger partial charge in [0.05, 0.1) is 43.6 Å². The number of hydrogen-bond donors (Lipinski definition) is 0. The van der Waals surface area contributed by atoms with E-state index in [4.69, 9.17) is 2.74 Å². The summed E-state index contributed by atoms with van der Waals surface area (Å²) in [5.74, 6) is 1.16. The Balaban J connectivity index is 0.000000136. The highest BCUT2D eigenvalue weighted by Crippen LogP contribution is 2.38. The molecule has 131 heavy (non-hydrogen) atoms. The highest BCUT2D eigenvalue weighted by atomic mass is 15.0. The number of fused-ring (bicyclic) bond motifs is 6. The first-order chi connectivity index (χ1) is 63.1. The number of benzene rings is 12. The van der Waals surface area contributed by atoms with E-state index >= 15 is 0 Å². The Morgan fingerprint density at radius 3 is 1.08 bits per heavy atom. The molecule has 0 bridgehead atoms. The fraction of sp³-hybridized carbons (Fsp3) is 0.280. The molecule has 0 saturated carbocycles. The summed E-state index contributed by atoms with van der Waals surface area (Å²) < 4.78 is 30.5. The smallest absolute Gasteiger partial charge is 0.200 e. The zero-order valence-corrected chi connectivity index (χ0v) is 84.1. The van der Waals surface area contributed by atoms with Gasteiger partial charge in [0, 0.05) is 73.3 Å². The first-order valence-corrected chi connectivity index (χ1v) is 47.0. The molecule has 0 saturated heterocycles. The van der Waals surface area contributed by atoms with Crippen LogP contribution in [0.1, 0.15) is 167 Å². The summed E-state index contributed by atoms with van der Waals surface area (Å²) in [6, 6.07) is 90.1. The molecule has 666 valence electrons. The number of hydrogen-bond acceptors (Lipinski definition) is 0. The van der Waals surface area contributed by atoms with Gasteiger partial charge < -0.3 is 0 Å². The second-order valence-electron chi connectivity index (χ2n) is 38.4. The van der Waals surface area contributed by atoms with Gasteiger partial charge in [0.25, 0.3) is 0 Å². The van der Waals surface area contributed by atoms with E-state index in [1.54, 1.807) is 0 Å². The second-order valence-corrected chi connectivity index (χ2v) is 38.4. The summed E-state index contributed by atoms with van der Waals surface area (Å²) in [4.78, 5) is 0. The zero-order valence-electron chi connectivity index (χ0n) is 86.1. The summed E-state index contributed by atoms with van der Waals surface area (Å²) in [6.07, 6.45) is 8.42. The van der Waals surface area contributed by atoms with E-state index in [0.29, 0.717) is 11.8 Å². The average molecular weight is 1730 g/mol. The minimum atomic E-state index is -1.36. The van der Waals surface area contributed by atoms with E-state index in [-0.39, 0.29) is 5.92 Å². The van der Waals surface area contributed by atoms with Crippen molar-refractivity contribution in [2.24, 2.45) is 54.1 Å². The molecule has 0 radical (unpaired) electrons. The SMILES string of the molecule is Cc1cc(C)c(C)c(-c2c3ccc(C(C)C)cc3cc[n+]2C)c1.Cc1cc(C)c(C)c(-c2c3ccc(CC(C)C)cc3cc[n+]2C)c1.Cc1cc(C)c(C)c(-c2c3ccccc3cc[n+]2C)c1.Cc1cc(C)c(C)c(-c2cc(C)c3c(C)cccc3[n+]2C)c1.Cc1ccccc1-c1c2ccccc2cc[n+]1C.[2H]C([2H])(c1cccc2c1ccc(-c1cc(C)cc(C)c1C)[n+]2C)C(C)C. The number of rotatable bonds is 11. The molecular formula is C125H142N6+6. The lowest BCUT2D eigenvalue weighted by atomic mass is 9.93. The molecule has 0 aliphatic rings. The maximum Gasteiger partial charge on any atom is 0.220 e. The van der Waals surface area contributed by atoms with Gasteiger partial charge in [-0.2, -0.15) is 9.13 Å². The van der Waals surface area contributed by atoms with Crippen LogP contribution >= 0.6 is 0 Å². The Hall–Kier alpha value is -12.9. The Morgan fingerprint density at radius 2 is 0.626 bits per heavy atom. The lowest BCUT2D eigenvalue weighted by Crippen LogP contribution is -2.32. The maximum atomic E-state index is 8.54. The third-order valence-electron chi connectivity index (χ3n) is 26.9. The van der Waals surface area contributed by atoms with Crippen LogP contribution < -0.4 is 27.4 Å². The van der Waals surface area contributed by atoms with Crippen molar-refractivity contribution >= 4 is 64.9 Å². The summed E-state index contributed by atoms with van der Waals surface area (Å²) in [5, 5.41) is 12.9. The third-order valence-corrected chi connectivity index (χ3v) is 26.9. The topological polar surface area (TPSA) is 23.3 Å². The molecule has 0 atom stereocenters. The van der Waals surface area contributed by atoms with Crippen LogP contribution in [-0.4, -0.2) is 0 Å². The van der Waals surface area contributed by atoms with Crippen molar-refractivity contribution in [1.82, 2.24) is 0 Å². The third kappa shape index (κ3) is 21.1. The molecule has 0 aliphatic carbocycles. The molecule has 0 unspecified atom stereocenters. The Labute approximate surface area is 786 Å². The predicted octanol–water partition coefficient (Wildman–Crippen LogP) is 29.1. The van der Waals surface area contributed by atoms with Gasteiger partial charge >= 0.3 is 0 Å². The van der Waals surface area contributed by atoms with Crippen molar-refractivity contribution in [2.45, 2.75) is 185 Å². The molecule has 6 aromatic heterocycles. The molecule has 18 aromatic rings. The minimum absolute atomic E-state index is 0.0836. The zero-order chi connectivity index (χ0) is 96.2. The van der Waals surface area contributed by atoms with E-state index in [9.17, 15) is 0 Å². The molecule has 6 nitrogen and oxygen atoms in total. The van der Waals surface area contributed by atoms with Crippen molar-refractivity contribution in [2.75, 3.05) is 0 Å². The van der Waals surface area contributed by atoms with Crippen LogP contribution in [0.2, 0.25) is 0 Å². The van der Waals surface area contributed by atoms with Gasteiger partial charge in [-0.25, -0.2) is 18.3 Å². The van der Waals surface area contributed by atoms with Gasteiger partial charge in [-0.15, -0.1) is 0 Å². The lowest BCUT2D eigenvalue weighted by molar-refractivity contribution is -0.659. The Morgan fingerprint density at radius 1 is 0.260 bits per heavy atom. The molecular weight excluding hydrogens is 1590 g/mol. The van der Waals surface area contributed by atoms with Gasteiger partial charge in [0.1, 0.15) is 42.3 Å². The molecule has 18 rings (SSSR count).